The number of halogens is 3. The van der Waals surface area contributed by atoms with Crippen LogP contribution < -0.4 is 10.6 Å². The van der Waals surface area contributed by atoms with Crippen LogP contribution in [0, 0.1) is 13.8 Å². The quantitative estimate of drug-likeness (QED) is 0.889. The Morgan fingerprint density at radius 3 is 2.42 bits per heavy atom. The van der Waals surface area contributed by atoms with Gasteiger partial charge in [0.25, 0.3) is 0 Å². The Hall–Kier alpha value is -2.51. The first kappa shape index (κ1) is 17.8. The van der Waals surface area contributed by atoms with E-state index in [0.717, 1.165) is 23.0 Å². The molecular formula is C16H19F3N4O. The molecule has 130 valence electrons. The highest BCUT2D eigenvalue weighted by Gasteiger charge is 2.33. The van der Waals surface area contributed by atoms with E-state index in [1.165, 1.54) is 18.2 Å². The number of hydrogen-bond donors (Lipinski definition) is 2. The number of aryl methyl sites for hydroxylation is 2. The van der Waals surface area contributed by atoms with E-state index in [9.17, 15) is 18.0 Å². The summed E-state index contributed by atoms with van der Waals surface area (Å²) in [5.74, 6) is 0. The molecule has 1 atom stereocenters. The number of anilines is 1. The van der Waals surface area contributed by atoms with E-state index in [-0.39, 0.29) is 5.69 Å². The topological polar surface area (TPSA) is 59.0 Å². The van der Waals surface area contributed by atoms with Gasteiger partial charge in [-0.3, -0.25) is 4.68 Å². The lowest BCUT2D eigenvalue weighted by Crippen LogP contribution is -2.32. The van der Waals surface area contributed by atoms with Gasteiger partial charge in [0.15, 0.2) is 0 Å². The number of aromatic nitrogens is 2. The molecule has 0 fully saturated rings. The largest absolute Gasteiger partial charge is 0.418 e. The molecule has 2 N–H and O–H groups in total. The first-order valence-electron chi connectivity index (χ1n) is 7.35. The van der Waals surface area contributed by atoms with Crippen molar-refractivity contribution in [3.8, 4) is 0 Å². The van der Waals surface area contributed by atoms with Gasteiger partial charge >= 0.3 is 12.2 Å². The fourth-order valence-electron chi connectivity index (χ4n) is 2.68. The normalized spacial score (nSPS) is 12.8. The fraction of sp³-hybridized carbons (Fsp3) is 0.375. The molecule has 1 unspecified atom stereocenters. The number of hydrogen-bond acceptors (Lipinski definition) is 2. The van der Waals surface area contributed by atoms with E-state index >= 15 is 0 Å². The van der Waals surface area contributed by atoms with Crippen LogP contribution in [-0.2, 0) is 13.2 Å². The second kappa shape index (κ2) is 6.54. The molecule has 0 spiro atoms. The summed E-state index contributed by atoms with van der Waals surface area (Å²) in [4.78, 5) is 12.1. The number of urea groups is 1. The Morgan fingerprint density at radius 2 is 1.88 bits per heavy atom. The lowest BCUT2D eigenvalue weighted by molar-refractivity contribution is -0.136. The van der Waals surface area contributed by atoms with Gasteiger partial charge in [-0.15, -0.1) is 0 Å². The van der Waals surface area contributed by atoms with Crippen molar-refractivity contribution in [3.05, 3.63) is 46.8 Å². The zero-order chi connectivity index (χ0) is 18.1. The van der Waals surface area contributed by atoms with Gasteiger partial charge in [0, 0.05) is 18.3 Å². The first-order valence-corrected chi connectivity index (χ1v) is 7.35. The van der Waals surface area contributed by atoms with E-state index in [2.05, 4.69) is 15.7 Å². The highest BCUT2D eigenvalue weighted by atomic mass is 19.4. The second-order valence-corrected chi connectivity index (χ2v) is 5.57. The number of amides is 2. The van der Waals surface area contributed by atoms with E-state index in [1.807, 2.05) is 13.8 Å². The molecule has 5 nitrogen and oxygen atoms in total. The van der Waals surface area contributed by atoms with E-state index < -0.39 is 23.8 Å². The molecule has 1 aromatic heterocycles. The molecule has 2 rings (SSSR count). The number of alkyl halides is 3. The lowest BCUT2D eigenvalue weighted by atomic mass is 10.1. The molecule has 0 saturated carbocycles. The van der Waals surface area contributed by atoms with Gasteiger partial charge in [0.2, 0.25) is 0 Å². The number of benzene rings is 1. The predicted molar refractivity (Wildman–Crippen MR) is 84.7 cm³/mol. The molecule has 0 bridgehead atoms. The van der Waals surface area contributed by atoms with Crippen molar-refractivity contribution in [2.45, 2.75) is 33.0 Å². The highest BCUT2D eigenvalue weighted by molar-refractivity contribution is 5.90. The predicted octanol–water partition coefficient (Wildman–Crippen LogP) is 3.94. The Morgan fingerprint density at radius 1 is 1.25 bits per heavy atom. The van der Waals surface area contributed by atoms with Crippen LogP contribution in [0.4, 0.5) is 23.7 Å². The van der Waals surface area contributed by atoms with Gasteiger partial charge < -0.3 is 10.6 Å². The fourth-order valence-corrected chi connectivity index (χ4v) is 2.68. The summed E-state index contributed by atoms with van der Waals surface area (Å²) >= 11 is 0. The minimum absolute atomic E-state index is 0.283. The molecule has 0 aliphatic carbocycles. The number of nitrogens with one attached hydrogen (secondary N) is 2. The summed E-state index contributed by atoms with van der Waals surface area (Å²) in [6, 6.07) is 3.75. The summed E-state index contributed by atoms with van der Waals surface area (Å²) in [7, 11) is 1.79. The van der Waals surface area contributed by atoms with E-state index in [4.69, 9.17) is 0 Å². The summed E-state index contributed by atoms with van der Waals surface area (Å²) in [5.41, 5.74) is 1.32. The van der Waals surface area contributed by atoms with Crippen molar-refractivity contribution >= 4 is 11.7 Å². The van der Waals surface area contributed by atoms with Crippen molar-refractivity contribution in [2.75, 3.05) is 5.32 Å². The van der Waals surface area contributed by atoms with Crippen LogP contribution in [0.5, 0.6) is 0 Å². The van der Waals surface area contributed by atoms with Gasteiger partial charge in [-0.05, 0) is 32.9 Å². The molecule has 0 radical (unpaired) electrons. The molecule has 1 aromatic carbocycles. The molecule has 1 heterocycles. The standard InChI is InChI=1S/C16H19F3N4O/c1-9(14-10(2)22-23(4)11(14)3)20-15(24)21-13-8-6-5-7-12(13)16(17,18)19/h5-9H,1-4H3,(H2,20,21,24). The summed E-state index contributed by atoms with van der Waals surface area (Å²) in [6.45, 7) is 5.44. The lowest BCUT2D eigenvalue weighted by Gasteiger charge is -2.17. The minimum atomic E-state index is -4.54. The van der Waals surface area contributed by atoms with Crippen molar-refractivity contribution in [1.82, 2.24) is 15.1 Å². The molecule has 0 aliphatic rings. The number of carbonyl (C=O) groups excluding carboxylic acids is 1. The van der Waals surface area contributed by atoms with Crippen LogP contribution in [0.1, 0.15) is 35.5 Å². The minimum Gasteiger partial charge on any atom is -0.331 e. The number of carbonyl (C=O) groups is 1. The molecule has 8 heteroatoms. The maximum Gasteiger partial charge on any atom is 0.418 e. The van der Waals surface area contributed by atoms with E-state index in [0.29, 0.717) is 0 Å². The molecule has 2 aromatic rings. The zero-order valence-electron chi connectivity index (χ0n) is 13.8. The highest BCUT2D eigenvalue weighted by Crippen LogP contribution is 2.34. The number of para-hydroxylation sites is 1. The van der Waals surface area contributed by atoms with Gasteiger partial charge in [-0.25, -0.2) is 4.79 Å². The van der Waals surface area contributed by atoms with Crippen molar-refractivity contribution in [2.24, 2.45) is 7.05 Å². The van der Waals surface area contributed by atoms with Crippen LogP contribution in [0.15, 0.2) is 24.3 Å². The number of rotatable bonds is 3. The van der Waals surface area contributed by atoms with Crippen molar-refractivity contribution in [3.63, 3.8) is 0 Å². The van der Waals surface area contributed by atoms with Crippen LogP contribution in [0.2, 0.25) is 0 Å². The number of nitrogens with zero attached hydrogens (tertiary/aromatic N) is 2. The van der Waals surface area contributed by atoms with Crippen LogP contribution >= 0.6 is 0 Å². The second-order valence-electron chi connectivity index (χ2n) is 5.57. The average molecular weight is 340 g/mol. The van der Waals surface area contributed by atoms with Gasteiger partial charge in [0.05, 0.1) is 23.0 Å². The SMILES string of the molecule is Cc1nn(C)c(C)c1C(C)NC(=O)Nc1ccccc1C(F)(F)F. The third-order valence-corrected chi connectivity index (χ3v) is 3.83. The van der Waals surface area contributed by atoms with Gasteiger partial charge in [-0.1, -0.05) is 12.1 Å². The first-order chi connectivity index (χ1) is 11.1. The molecule has 2 amide bonds. The summed E-state index contributed by atoms with van der Waals surface area (Å²) in [6.07, 6.45) is -4.54. The maximum atomic E-state index is 13.0. The summed E-state index contributed by atoms with van der Waals surface area (Å²) in [5, 5.41) is 9.18. The molecule has 0 aliphatic heterocycles. The molecule has 0 saturated heterocycles. The van der Waals surface area contributed by atoms with Crippen LogP contribution in [-0.4, -0.2) is 15.8 Å². The monoisotopic (exact) mass is 340 g/mol. The summed E-state index contributed by atoms with van der Waals surface area (Å²) < 4.78 is 40.6. The van der Waals surface area contributed by atoms with Crippen LogP contribution in [0.3, 0.4) is 0 Å². The van der Waals surface area contributed by atoms with Gasteiger partial charge in [0.1, 0.15) is 0 Å². The van der Waals surface area contributed by atoms with E-state index in [1.54, 1.807) is 18.7 Å². The molecule has 24 heavy (non-hydrogen) atoms. The third-order valence-electron chi connectivity index (χ3n) is 3.83. The Bertz CT molecular complexity index is 752. The Balaban J connectivity index is 2.15. The average Bonchev–Trinajstić information content (AvgIpc) is 2.71. The van der Waals surface area contributed by atoms with Crippen molar-refractivity contribution in [1.29, 1.82) is 0 Å². The maximum absolute atomic E-state index is 13.0. The zero-order valence-corrected chi connectivity index (χ0v) is 13.8. The Kier molecular flexibility index (Phi) is 4.86. The third kappa shape index (κ3) is 3.69. The Labute approximate surface area is 137 Å². The van der Waals surface area contributed by atoms with Gasteiger partial charge in [-0.2, -0.15) is 18.3 Å². The van der Waals surface area contributed by atoms with Crippen LogP contribution in [0.25, 0.3) is 0 Å². The smallest absolute Gasteiger partial charge is 0.331 e. The van der Waals surface area contributed by atoms with Crippen molar-refractivity contribution < 1.29 is 18.0 Å². The molecular weight excluding hydrogens is 321 g/mol.